The Balaban J connectivity index is 1.19. The van der Waals surface area contributed by atoms with Gasteiger partial charge in [0, 0.05) is 59.1 Å². The van der Waals surface area contributed by atoms with Crippen molar-refractivity contribution in [1.82, 2.24) is 33.8 Å². The van der Waals surface area contributed by atoms with Crippen molar-refractivity contribution in [2.75, 3.05) is 13.7 Å². The monoisotopic (exact) mass is 626 g/mol. The van der Waals surface area contributed by atoms with Crippen LogP contribution in [-0.4, -0.2) is 65.4 Å². The van der Waals surface area contributed by atoms with Gasteiger partial charge in [-0.3, -0.25) is 9.78 Å². The molecular weight excluding hydrogens is 588 g/mol. The fourth-order valence-electron chi connectivity index (χ4n) is 7.82. The number of pyridine rings is 1. The van der Waals surface area contributed by atoms with Crippen LogP contribution in [0.5, 0.6) is 5.75 Å². The van der Waals surface area contributed by atoms with Gasteiger partial charge in [0.25, 0.3) is 5.91 Å². The maximum Gasteiger partial charge on any atom is 0.254 e. The van der Waals surface area contributed by atoms with E-state index < -0.39 is 0 Å². The van der Waals surface area contributed by atoms with Gasteiger partial charge in [-0.1, -0.05) is 18.2 Å². The number of aryl methyl sites for hydroxylation is 1. The van der Waals surface area contributed by atoms with Crippen molar-refractivity contribution in [1.29, 1.82) is 0 Å². The second-order valence-electron chi connectivity index (χ2n) is 13.6. The number of piperidine rings is 1. The highest BCUT2D eigenvalue weighted by Gasteiger charge is 2.47. The standard InChI is InChI=1S/C37H38N8O2/c1-22-7-11-28(17-39-22)45-20-24(16-40-45)19-44-35-29(13-27(15-33(35)47-2)37(46)43-21-26-10-12-31(43)34(26)38)41-36(44)32-14-25-5-3-4-6-30(25)42(32)18-23-8-9-23/h3-7,11,13-17,20,23,26,31,34H,8-10,12,18-19,21,38H2,1-2H3. The lowest BCUT2D eigenvalue weighted by atomic mass is 10.1. The normalized spacial score (nSPS) is 20.6. The number of carbonyl (C=O) groups is 1. The Morgan fingerprint density at radius 3 is 2.64 bits per heavy atom. The molecule has 10 heteroatoms. The summed E-state index contributed by atoms with van der Waals surface area (Å²) in [5.74, 6) is 2.51. The molecule has 238 valence electrons. The molecular formula is C37H38N8O2. The van der Waals surface area contributed by atoms with E-state index in [1.807, 2.05) is 59.4 Å². The summed E-state index contributed by atoms with van der Waals surface area (Å²) >= 11 is 0. The Morgan fingerprint density at radius 2 is 1.89 bits per heavy atom. The maximum atomic E-state index is 14.0. The molecule has 5 heterocycles. The molecule has 1 saturated heterocycles. The van der Waals surface area contributed by atoms with Gasteiger partial charge in [-0.2, -0.15) is 5.10 Å². The maximum absolute atomic E-state index is 14.0. The van der Waals surface area contributed by atoms with Crippen LogP contribution in [-0.2, 0) is 13.1 Å². The highest BCUT2D eigenvalue weighted by atomic mass is 16.5. The number of ether oxygens (including phenoxy) is 1. The van der Waals surface area contributed by atoms with E-state index in [0.29, 0.717) is 36.2 Å². The topological polar surface area (TPSA) is 109 Å². The summed E-state index contributed by atoms with van der Waals surface area (Å²) in [6, 6.07) is 18.8. The van der Waals surface area contributed by atoms with Crippen LogP contribution in [0.2, 0.25) is 0 Å². The molecule has 2 aromatic carbocycles. The third-order valence-electron chi connectivity index (χ3n) is 10.5. The number of hydrogen-bond donors (Lipinski definition) is 1. The zero-order valence-corrected chi connectivity index (χ0v) is 26.7. The Kier molecular flexibility index (Phi) is 6.50. The number of aromatic nitrogens is 6. The molecule has 6 aromatic rings. The van der Waals surface area contributed by atoms with Gasteiger partial charge in [0.05, 0.1) is 42.9 Å². The fraction of sp³-hybridized carbons (Fsp3) is 0.351. The molecule has 3 unspecified atom stereocenters. The second kappa shape index (κ2) is 10.8. The van der Waals surface area contributed by atoms with Crippen LogP contribution in [0.25, 0.3) is 39.1 Å². The average molecular weight is 627 g/mol. The summed E-state index contributed by atoms with van der Waals surface area (Å²) in [7, 11) is 1.67. The van der Waals surface area contributed by atoms with E-state index in [1.165, 1.54) is 23.7 Å². The van der Waals surface area contributed by atoms with Crippen LogP contribution >= 0.6 is 0 Å². The number of benzene rings is 2. The van der Waals surface area contributed by atoms with Crippen molar-refractivity contribution < 1.29 is 9.53 Å². The Morgan fingerprint density at radius 1 is 1.02 bits per heavy atom. The molecule has 10 nitrogen and oxygen atoms in total. The predicted molar refractivity (Wildman–Crippen MR) is 181 cm³/mol. The van der Waals surface area contributed by atoms with E-state index in [9.17, 15) is 4.79 Å². The predicted octanol–water partition coefficient (Wildman–Crippen LogP) is 5.58. The molecule has 4 aromatic heterocycles. The summed E-state index contributed by atoms with van der Waals surface area (Å²) < 4.78 is 12.6. The third-order valence-corrected chi connectivity index (χ3v) is 10.5. The van der Waals surface area contributed by atoms with Crippen LogP contribution in [0.4, 0.5) is 0 Å². The van der Waals surface area contributed by atoms with Crippen molar-refractivity contribution >= 4 is 27.8 Å². The number of para-hydroxylation sites is 1. The van der Waals surface area contributed by atoms with Gasteiger partial charge >= 0.3 is 0 Å². The van der Waals surface area contributed by atoms with E-state index in [0.717, 1.165) is 58.9 Å². The molecule has 2 N–H and O–H groups in total. The van der Waals surface area contributed by atoms with Gasteiger partial charge in [0.15, 0.2) is 5.82 Å². The van der Waals surface area contributed by atoms with Crippen LogP contribution in [0.1, 0.15) is 47.3 Å². The molecule has 0 radical (unpaired) electrons. The molecule has 2 bridgehead atoms. The van der Waals surface area contributed by atoms with Gasteiger partial charge < -0.3 is 24.5 Å². The lowest BCUT2D eigenvalue weighted by Gasteiger charge is -2.27. The van der Waals surface area contributed by atoms with Gasteiger partial charge in [-0.15, -0.1) is 0 Å². The van der Waals surface area contributed by atoms with Crippen LogP contribution < -0.4 is 10.5 Å². The van der Waals surface area contributed by atoms with Gasteiger partial charge in [-0.05, 0) is 80.8 Å². The molecule has 2 saturated carbocycles. The molecule has 2 aliphatic carbocycles. The molecule has 1 aliphatic heterocycles. The van der Waals surface area contributed by atoms with E-state index >= 15 is 0 Å². The smallest absolute Gasteiger partial charge is 0.254 e. The number of hydrogen-bond acceptors (Lipinski definition) is 6. The van der Waals surface area contributed by atoms with E-state index in [1.54, 1.807) is 7.11 Å². The highest BCUT2D eigenvalue weighted by Crippen LogP contribution is 2.41. The third kappa shape index (κ3) is 4.73. The first-order valence-corrected chi connectivity index (χ1v) is 16.6. The van der Waals surface area contributed by atoms with Crippen molar-refractivity contribution in [2.45, 2.75) is 57.8 Å². The summed E-state index contributed by atoms with van der Waals surface area (Å²) in [4.78, 5) is 25.7. The molecule has 1 amide bonds. The Hall–Kier alpha value is -4.96. The zero-order chi connectivity index (χ0) is 31.8. The average Bonchev–Trinajstić information content (AvgIpc) is 3.39. The number of nitrogens with two attached hydrogens (primary N) is 1. The number of rotatable bonds is 8. The van der Waals surface area contributed by atoms with Crippen molar-refractivity contribution in [3.05, 3.63) is 90.0 Å². The minimum atomic E-state index is -0.000203. The van der Waals surface area contributed by atoms with Crippen molar-refractivity contribution in [2.24, 2.45) is 17.6 Å². The molecule has 9 rings (SSSR count). The molecule has 3 fully saturated rings. The number of carbonyl (C=O) groups excluding carboxylic acids is 1. The highest BCUT2D eigenvalue weighted by molar-refractivity contribution is 6.00. The molecule has 47 heavy (non-hydrogen) atoms. The lowest BCUT2D eigenvalue weighted by molar-refractivity contribution is 0.0700. The molecule has 3 aliphatic rings. The molecule has 3 atom stereocenters. The summed E-state index contributed by atoms with van der Waals surface area (Å²) in [5.41, 5.74) is 13.8. The minimum absolute atomic E-state index is 0.000203. The molecule has 0 spiro atoms. The number of nitrogens with zero attached hydrogens (tertiary/aromatic N) is 7. The van der Waals surface area contributed by atoms with E-state index in [-0.39, 0.29) is 18.0 Å². The number of imidazole rings is 1. The fourth-order valence-corrected chi connectivity index (χ4v) is 7.82. The van der Waals surface area contributed by atoms with Crippen LogP contribution in [0, 0.1) is 18.8 Å². The Bertz CT molecular complexity index is 2150. The summed E-state index contributed by atoms with van der Waals surface area (Å²) in [5, 5.41) is 5.86. The number of amides is 1. The minimum Gasteiger partial charge on any atom is -0.494 e. The van der Waals surface area contributed by atoms with Crippen molar-refractivity contribution in [3.63, 3.8) is 0 Å². The summed E-state index contributed by atoms with van der Waals surface area (Å²) in [6.07, 6.45) is 10.3. The number of fused-ring (bicyclic) bond motifs is 4. The van der Waals surface area contributed by atoms with Gasteiger partial charge in [-0.25, -0.2) is 9.67 Å². The number of methoxy groups -OCH3 is 1. The number of likely N-dealkylation sites (tertiary alicyclic amines) is 1. The largest absolute Gasteiger partial charge is 0.494 e. The van der Waals surface area contributed by atoms with Crippen LogP contribution in [0.15, 0.2) is 73.2 Å². The Labute approximate surface area is 272 Å². The first kappa shape index (κ1) is 28.3. The second-order valence-corrected chi connectivity index (χ2v) is 13.6. The zero-order valence-electron chi connectivity index (χ0n) is 26.7. The summed E-state index contributed by atoms with van der Waals surface area (Å²) in [6.45, 7) is 4.16. The van der Waals surface area contributed by atoms with Gasteiger partial charge in [0.2, 0.25) is 0 Å². The first-order chi connectivity index (χ1) is 22.9. The van der Waals surface area contributed by atoms with E-state index in [2.05, 4.69) is 49.5 Å². The SMILES string of the molecule is COc1cc(C(=O)N2CC3CCC2C3N)cc2nc(-c3cc4ccccc4n3CC3CC3)n(Cc3cnn(-c4ccc(C)nc4)c3)c12. The van der Waals surface area contributed by atoms with Gasteiger partial charge in [0.1, 0.15) is 11.3 Å². The van der Waals surface area contributed by atoms with Crippen LogP contribution in [0.3, 0.4) is 0 Å². The van der Waals surface area contributed by atoms with Crippen molar-refractivity contribution in [3.8, 4) is 23.0 Å². The first-order valence-electron chi connectivity index (χ1n) is 16.6. The lowest BCUT2D eigenvalue weighted by Crippen LogP contribution is -2.41. The van der Waals surface area contributed by atoms with E-state index in [4.69, 9.17) is 15.5 Å². The quantitative estimate of drug-likeness (QED) is 0.237.